The van der Waals surface area contributed by atoms with Gasteiger partial charge in [0, 0.05) is 21.6 Å². The summed E-state index contributed by atoms with van der Waals surface area (Å²) >= 11 is 5.06. The summed E-state index contributed by atoms with van der Waals surface area (Å²) in [6.45, 7) is 0.165. The number of amides is 1. The van der Waals surface area contributed by atoms with Gasteiger partial charge in [-0.25, -0.2) is 4.79 Å². The average molecular weight is 399 g/mol. The molecule has 5 nitrogen and oxygen atoms in total. The van der Waals surface area contributed by atoms with Crippen LogP contribution in [0.2, 0.25) is 0 Å². The van der Waals surface area contributed by atoms with E-state index in [9.17, 15) is 9.59 Å². The van der Waals surface area contributed by atoms with Gasteiger partial charge in [0.15, 0.2) is 0 Å². The standard InChI is InChI=1S/C16H19BrN2O3S/c1-22-16(21)13(6-8-23-2)18-15(20)10-19-7-5-11-9-12(17)3-4-14(11)19/h3-5,7,9,13H,6,8,10H2,1-2H3,(H,18,20)/t13-/m0/s1. The predicted molar refractivity (Wildman–Crippen MR) is 96.6 cm³/mol. The van der Waals surface area contributed by atoms with Gasteiger partial charge < -0.3 is 14.6 Å². The number of rotatable bonds is 7. The maximum Gasteiger partial charge on any atom is 0.328 e. The molecule has 0 spiro atoms. The fraction of sp³-hybridized carbons (Fsp3) is 0.375. The zero-order valence-corrected chi connectivity index (χ0v) is 15.4. The molecule has 1 atom stereocenters. The van der Waals surface area contributed by atoms with Crippen LogP contribution < -0.4 is 5.32 Å². The third kappa shape index (κ3) is 4.75. The van der Waals surface area contributed by atoms with E-state index in [2.05, 4.69) is 21.2 Å². The van der Waals surface area contributed by atoms with Gasteiger partial charge in [-0.05, 0) is 42.7 Å². The summed E-state index contributed by atoms with van der Waals surface area (Å²) < 4.78 is 7.61. The molecule has 0 aliphatic rings. The number of fused-ring (bicyclic) bond motifs is 1. The Kier molecular flexibility index (Phi) is 6.53. The molecule has 23 heavy (non-hydrogen) atoms. The summed E-state index contributed by atoms with van der Waals surface area (Å²) in [5.74, 6) is 0.163. The summed E-state index contributed by atoms with van der Waals surface area (Å²) in [5.41, 5.74) is 0.974. The van der Waals surface area contributed by atoms with Crippen LogP contribution in [0.25, 0.3) is 10.9 Å². The maximum atomic E-state index is 12.3. The number of nitrogens with zero attached hydrogens (tertiary/aromatic N) is 1. The summed E-state index contributed by atoms with van der Waals surface area (Å²) in [7, 11) is 1.33. The minimum atomic E-state index is -0.601. The fourth-order valence-electron chi connectivity index (χ4n) is 2.33. The Labute approximate surface area is 147 Å². The van der Waals surface area contributed by atoms with E-state index in [4.69, 9.17) is 4.74 Å². The van der Waals surface area contributed by atoms with Crippen LogP contribution in [0, 0.1) is 0 Å². The molecule has 0 aliphatic heterocycles. The van der Waals surface area contributed by atoms with Crippen molar-refractivity contribution in [1.82, 2.24) is 9.88 Å². The monoisotopic (exact) mass is 398 g/mol. The number of methoxy groups -OCH3 is 1. The highest BCUT2D eigenvalue weighted by Gasteiger charge is 2.21. The number of nitrogens with one attached hydrogen (secondary N) is 1. The molecule has 1 heterocycles. The zero-order valence-electron chi connectivity index (χ0n) is 13.0. The quantitative estimate of drug-likeness (QED) is 0.728. The van der Waals surface area contributed by atoms with Gasteiger partial charge in [-0.2, -0.15) is 11.8 Å². The third-order valence-corrected chi connectivity index (χ3v) is 4.62. The van der Waals surface area contributed by atoms with E-state index in [1.807, 2.05) is 41.3 Å². The molecule has 0 saturated heterocycles. The topological polar surface area (TPSA) is 60.3 Å². The lowest BCUT2D eigenvalue weighted by atomic mass is 10.2. The number of ether oxygens (including phenoxy) is 1. The van der Waals surface area contributed by atoms with E-state index in [0.717, 1.165) is 21.1 Å². The van der Waals surface area contributed by atoms with Gasteiger partial charge in [-0.15, -0.1) is 0 Å². The third-order valence-electron chi connectivity index (χ3n) is 3.48. The molecule has 2 aromatic rings. The second-order valence-corrected chi connectivity index (χ2v) is 6.97. The highest BCUT2D eigenvalue weighted by molar-refractivity contribution is 9.10. The fourth-order valence-corrected chi connectivity index (χ4v) is 3.18. The first-order valence-corrected chi connectivity index (χ1v) is 9.34. The normalized spacial score (nSPS) is 12.1. The number of aromatic nitrogens is 1. The van der Waals surface area contributed by atoms with Crippen LogP contribution in [-0.2, 0) is 20.9 Å². The minimum Gasteiger partial charge on any atom is -0.467 e. The van der Waals surface area contributed by atoms with Gasteiger partial charge in [0.05, 0.1) is 7.11 Å². The Balaban J connectivity index is 2.05. The number of carbonyl (C=O) groups is 2. The number of carbonyl (C=O) groups excluding carboxylic acids is 2. The van der Waals surface area contributed by atoms with Gasteiger partial charge in [-0.1, -0.05) is 15.9 Å². The first-order valence-electron chi connectivity index (χ1n) is 7.15. The number of thioether (sulfide) groups is 1. The van der Waals surface area contributed by atoms with Gasteiger partial charge in [0.2, 0.25) is 5.91 Å². The zero-order chi connectivity index (χ0) is 16.8. The Morgan fingerprint density at radius 3 is 2.87 bits per heavy atom. The molecule has 0 fully saturated rings. The molecule has 7 heteroatoms. The second kappa shape index (κ2) is 8.40. The van der Waals surface area contributed by atoms with E-state index in [1.165, 1.54) is 7.11 Å². The molecule has 1 N–H and O–H groups in total. The van der Waals surface area contributed by atoms with Crippen molar-refractivity contribution in [2.45, 2.75) is 19.0 Å². The van der Waals surface area contributed by atoms with Crippen molar-refractivity contribution >= 4 is 50.5 Å². The van der Waals surface area contributed by atoms with Crippen LogP contribution in [0.3, 0.4) is 0 Å². The second-order valence-electron chi connectivity index (χ2n) is 5.07. The number of esters is 1. The molecule has 0 unspecified atom stereocenters. The van der Waals surface area contributed by atoms with Crippen molar-refractivity contribution in [2.24, 2.45) is 0 Å². The van der Waals surface area contributed by atoms with E-state index in [-0.39, 0.29) is 12.5 Å². The molecular weight excluding hydrogens is 380 g/mol. The van der Waals surface area contributed by atoms with Gasteiger partial charge in [0.1, 0.15) is 12.6 Å². The molecule has 0 aliphatic carbocycles. The Bertz CT molecular complexity index is 702. The Hall–Kier alpha value is -1.47. The van der Waals surface area contributed by atoms with E-state index in [0.29, 0.717) is 6.42 Å². The van der Waals surface area contributed by atoms with Gasteiger partial charge >= 0.3 is 5.97 Å². The highest BCUT2D eigenvalue weighted by atomic mass is 79.9. The van der Waals surface area contributed by atoms with Crippen LogP contribution in [0.5, 0.6) is 0 Å². The lowest BCUT2D eigenvalue weighted by Crippen LogP contribution is -2.43. The van der Waals surface area contributed by atoms with Crippen LogP contribution in [0.15, 0.2) is 34.9 Å². The molecule has 1 aromatic heterocycles. The molecule has 2 rings (SSSR count). The number of hydrogen-bond acceptors (Lipinski definition) is 4. The van der Waals surface area contributed by atoms with Gasteiger partial charge in [0.25, 0.3) is 0 Å². The SMILES string of the molecule is COC(=O)[C@H](CCSC)NC(=O)Cn1ccc2cc(Br)ccc21. The van der Waals surface area contributed by atoms with Gasteiger partial charge in [-0.3, -0.25) is 4.79 Å². The van der Waals surface area contributed by atoms with Crippen molar-refractivity contribution in [3.05, 3.63) is 34.9 Å². The van der Waals surface area contributed by atoms with Crippen LogP contribution in [0.4, 0.5) is 0 Å². The maximum absolute atomic E-state index is 12.3. The molecule has 1 aromatic carbocycles. The summed E-state index contributed by atoms with van der Waals surface area (Å²) in [6, 6.07) is 7.25. The van der Waals surface area contributed by atoms with Crippen LogP contribution >= 0.6 is 27.7 Å². The van der Waals surface area contributed by atoms with Crippen molar-refractivity contribution in [3.63, 3.8) is 0 Å². The smallest absolute Gasteiger partial charge is 0.328 e. The predicted octanol–water partition coefficient (Wildman–Crippen LogP) is 2.81. The Morgan fingerprint density at radius 2 is 2.17 bits per heavy atom. The van der Waals surface area contributed by atoms with Crippen molar-refractivity contribution in [1.29, 1.82) is 0 Å². The van der Waals surface area contributed by atoms with E-state index >= 15 is 0 Å². The Morgan fingerprint density at radius 1 is 1.39 bits per heavy atom. The largest absolute Gasteiger partial charge is 0.467 e. The van der Waals surface area contributed by atoms with Crippen molar-refractivity contribution < 1.29 is 14.3 Å². The average Bonchev–Trinajstić information content (AvgIpc) is 2.92. The molecule has 0 bridgehead atoms. The lowest BCUT2D eigenvalue weighted by molar-refractivity contribution is -0.145. The van der Waals surface area contributed by atoms with Crippen LogP contribution in [-0.4, -0.2) is 41.6 Å². The number of halogens is 1. The van der Waals surface area contributed by atoms with E-state index in [1.54, 1.807) is 11.8 Å². The molecule has 124 valence electrons. The molecule has 1 amide bonds. The van der Waals surface area contributed by atoms with E-state index < -0.39 is 12.0 Å². The lowest BCUT2D eigenvalue weighted by Gasteiger charge is -2.16. The van der Waals surface area contributed by atoms with Crippen molar-refractivity contribution in [3.8, 4) is 0 Å². The minimum absolute atomic E-state index is 0.165. The number of hydrogen-bond donors (Lipinski definition) is 1. The van der Waals surface area contributed by atoms with Crippen LogP contribution in [0.1, 0.15) is 6.42 Å². The summed E-state index contributed by atoms with van der Waals surface area (Å²) in [6.07, 6.45) is 4.38. The first-order chi connectivity index (χ1) is 11.0. The molecule has 0 saturated carbocycles. The van der Waals surface area contributed by atoms with Crippen molar-refractivity contribution in [2.75, 3.05) is 19.1 Å². The highest BCUT2D eigenvalue weighted by Crippen LogP contribution is 2.20. The first kappa shape index (κ1) is 17.9. The summed E-state index contributed by atoms with van der Waals surface area (Å²) in [4.78, 5) is 24.0. The summed E-state index contributed by atoms with van der Waals surface area (Å²) in [5, 5.41) is 3.81. The molecular formula is C16H19BrN2O3S. The number of benzene rings is 1. The molecule has 0 radical (unpaired) electrons.